The Morgan fingerprint density at radius 2 is 2.19 bits per heavy atom. The Hall–Kier alpha value is -3.47. The van der Waals surface area contributed by atoms with Crippen molar-refractivity contribution in [2.75, 3.05) is 11.1 Å². The van der Waals surface area contributed by atoms with Gasteiger partial charge in [0, 0.05) is 18.3 Å². The van der Waals surface area contributed by atoms with Crippen LogP contribution in [0.4, 0.5) is 17.1 Å². The topological polar surface area (TPSA) is 135 Å². The number of carbonyl (C=O) groups excluding carboxylic acids is 1. The van der Waals surface area contributed by atoms with Gasteiger partial charge in [0.2, 0.25) is 0 Å². The number of aromatic nitrogens is 1. The van der Waals surface area contributed by atoms with Gasteiger partial charge in [0.1, 0.15) is 6.07 Å². The zero-order valence-corrected chi connectivity index (χ0v) is 10.6. The minimum Gasteiger partial charge on any atom is -0.397 e. The van der Waals surface area contributed by atoms with Gasteiger partial charge >= 0.3 is 0 Å². The van der Waals surface area contributed by atoms with E-state index in [1.54, 1.807) is 12.1 Å². The fraction of sp³-hybridized carbons (Fsp3) is 0. The maximum atomic E-state index is 12.0. The Balaban J connectivity index is 2.32. The number of nitro groups is 1. The first-order valence-corrected chi connectivity index (χ1v) is 5.73. The van der Waals surface area contributed by atoms with Gasteiger partial charge in [-0.1, -0.05) is 0 Å². The lowest BCUT2D eigenvalue weighted by Gasteiger charge is -2.07. The van der Waals surface area contributed by atoms with Crippen LogP contribution in [0.15, 0.2) is 36.5 Å². The Bertz CT molecular complexity index is 767. The van der Waals surface area contributed by atoms with Crippen molar-refractivity contribution < 1.29 is 9.72 Å². The third-order valence-electron chi connectivity index (χ3n) is 2.64. The van der Waals surface area contributed by atoms with Crippen LogP contribution < -0.4 is 11.1 Å². The van der Waals surface area contributed by atoms with Crippen LogP contribution in [0.2, 0.25) is 0 Å². The number of nitriles is 1. The van der Waals surface area contributed by atoms with Crippen LogP contribution in [-0.4, -0.2) is 15.8 Å². The van der Waals surface area contributed by atoms with Crippen LogP contribution in [0.25, 0.3) is 0 Å². The molecule has 2 rings (SSSR count). The Morgan fingerprint density at radius 1 is 1.43 bits per heavy atom. The predicted molar refractivity (Wildman–Crippen MR) is 74.4 cm³/mol. The van der Waals surface area contributed by atoms with E-state index in [0.29, 0.717) is 0 Å². The number of carbonyl (C=O) groups is 1. The average Bonchev–Trinajstić information content (AvgIpc) is 2.47. The summed E-state index contributed by atoms with van der Waals surface area (Å²) in [6.45, 7) is 0. The maximum Gasteiger partial charge on any atom is 0.276 e. The minimum atomic E-state index is -0.622. The lowest BCUT2D eigenvalue weighted by molar-refractivity contribution is -0.384. The monoisotopic (exact) mass is 283 g/mol. The van der Waals surface area contributed by atoms with Crippen molar-refractivity contribution in [3.8, 4) is 6.07 Å². The van der Waals surface area contributed by atoms with Crippen LogP contribution in [0, 0.1) is 21.4 Å². The van der Waals surface area contributed by atoms with Crippen molar-refractivity contribution in [2.24, 2.45) is 0 Å². The third-order valence-corrected chi connectivity index (χ3v) is 2.64. The van der Waals surface area contributed by atoms with Gasteiger partial charge in [-0.05, 0) is 18.2 Å². The zero-order valence-electron chi connectivity index (χ0n) is 10.6. The van der Waals surface area contributed by atoms with E-state index in [2.05, 4.69) is 10.3 Å². The standard InChI is InChI=1S/C13H9N5O3/c14-7-8-6-9(18(20)21)3-4-11(8)17-13(19)12-10(15)2-1-5-16-12/h1-6H,15H2,(H,17,19). The molecule has 104 valence electrons. The molecule has 8 nitrogen and oxygen atoms in total. The van der Waals surface area contributed by atoms with Crippen LogP contribution in [0.5, 0.6) is 0 Å². The zero-order chi connectivity index (χ0) is 15.4. The van der Waals surface area contributed by atoms with Crippen molar-refractivity contribution in [1.82, 2.24) is 4.98 Å². The number of non-ortho nitro benzene ring substituents is 1. The summed E-state index contributed by atoms with van der Waals surface area (Å²) in [5.41, 5.74) is 5.73. The number of anilines is 2. The molecule has 1 aromatic carbocycles. The van der Waals surface area contributed by atoms with E-state index in [1.807, 2.05) is 0 Å². The number of nitrogens with one attached hydrogen (secondary N) is 1. The van der Waals surface area contributed by atoms with Crippen LogP contribution in [-0.2, 0) is 0 Å². The van der Waals surface area contributed by atoms with E-state index >= 15 is 0 Å². The SMILES string of the molecule is N#Cc1cc([N+](=O)[O-])ccc1NC(=O)c1ncccc1N. The van der Waals surface area contributed by atoms with Crippen molar-refractivity contribution in [1.29, 1.82) is 5.26 Å². The first kappa shape index (κ1) is 14.0. The molecule has 0 saturated heterocycles. The van der Waals surface area contributed by atoms with Gasteiger partial charge in [0.15, 0.2) is 5.69 Å². The summed E-state index contributed by atoms with van der Waals surface area (Å²) in [4.78, 5) is 25.9. The summed E-state index contributed by atoms with van der Waals surface area (Å²) in [5.74, 6) is -0.599. The summed E-state index contributed by atoms with van der Waals surface area (Å²) in [6, 6.07) is 8.45. The number of nitro benzene ring substituents is 1. The molecule has 1 aromatic heterocycles. The molecule has 0 saturated carbocycles. The second kappa shape index (κ2) is 5.66. The molecule has 0 radical (unpaired) electrons. The van der Waals surface area contributed by atoms with E-state index in [9.17, 15) is 14.9 Å². The molecule has 2 aromatic rings. The third kappa shape index (κ3) is 2.93. The van der Waals surface area contributed by atoms with Crippen molar-refractivity contribution in [3.05, 3.63) is 57.9 Å². The number of nitrogens with two attached hydrogens (primary N) is 1. The molecule has 0 spiro atoms. The minimum absolute atomic E-state index is 0.0137. The molecule has 1 amide bonds. The summed E-state index contributed by atoms with van der Waals surface area (Å²) in [7, 11) is 0. The Morgan fingerprint density at radius 3 is 2.81 bits per heavy atom. The van der Waals surface area contributed by atoms with E-state index in [4.69, 9.17) is 11.0 Å². The number of rotatable bonds is 3. The molecule has 0 atom stereocenters. The van der Waals surface area contributed by atoms with E-state index in [-0.39, 0.29) is 28.3 Å². The van der Waals surface area contributed by atoms with Gasteiger partial charge in [0.05, 0.1) is 21.9 Å². The average molecular weight is 283 g/mol. The maximum absolute atomic E-state index is 12.0. The highest BCUT2D eigenvalue weighted by Crippen LogP contribution is 2.22. The van der Waals surface area contributed by atoms with Crippen LogP contribution in [0.1, 0.15) is 16.1 Å². The van der Waals surface area contributed by atoms with E-state index in [0.717, 1.165) is 6.07 Å². The number of hydrogen-bond acceptors (Lipinski definition) is 6. The fourth-order valence-corrected chi connectivity index (χ4v) is 1.64. The Kier molecular flexibility index (Phi) is 3.76. The summed E-state index contributed by atoms with van der Waals surface area (Å²) in [6.07, 6.45) is 1.41. The number of hydrogen-bond donors (Lipinski definition) is 2. The summed E-state index contributed by atoms with van der Waals surface area (Å²) in [5, 5.41) is 22.1. The van der Waals surface area contributed by atoms with Gasteiger partial charge in [-0.25, -0.2) is 4.98 Å². The number of nitrogen functional groups attached to an aromatic ring is 1. The molecular weight excluding hydrogens is 274 g/mol. The smallest absolute Gasteiger partial charge is 0.276 e. The second-order valence-electron chi connectivity index (χ2n) is 3.99. The predicted octanol–water partition coefficient (Wildman–Crippen LogP) is 1.70. The van der Waals surface area contributed by atoms with Gasteiger partial charge in [-0.2, -0.15) is 5.26 Å². The van der Waals surface area contributed by atoms with Crippen LogP contribution >= 0.6 is 0 Å². The van der Waals surface area contributed by atoms with E-state index < -0.39 is 10.8 Å². The molecule has 0 aliphatic rings. The Labute approximate surface area is 119 Å². The van der Waals surface area contributed by atoms with Crippen molar-refractivity contribution in [2.45, 2.75) is 0 Å². The number of benzene rings is 1. The highest BCUT2D eigenvalue weighted by Gasteiger charge is 2.15. The molecule has 0 aliphatic heterocycles. The quantitative estimate of drug-likeness (QED) is 0.650. The molecule has 3 N–H and O–H groups in total. The largest absolute Gasteiger partial charge is 0.397 e. The highest BCUT2D eigenvalue weighted by molar-refractivity contribution is 6.06. The first-order valence-electron chi connectivity index (χ1n) is 5.73. The molecule has 0 bridgehead atoms. The van der Waals surface area contributed by atoms with Gasteiger partial charge < -0.3 is 11.1 Å². The van der Waals surface area contributed by atoms with E-state index in [1.165, 1.54) is 24.4 Å². The van der Waals surface area contributed by atoms with Gasteiger partial charge in [-0.3, -0.25) is 14.9 Å². The normalized spacial score (nSPS) is 9.67. The molecular formula is C13H9N5O3. The fourth-order valence-electron chi connectivity index (χ4n) is 1.64. The molecule has 21 heavy (non-hydrogen) atoms. The summed E-state index contributed by atoms with van der Waals surface area (Å²) >= 11 is 0. The second-order valence-corrected chi connectivity index (χ2v) is 3.99. The number of amides is 1. The van der Waals surface area contributed by atoms with Crippen molar-refractivity contribution in [3.63, 3.8) is 0 Å². The van der Waals surface area contributed by atoms with Gasteiger partial charge in [-0.15, -0.1) is 0 Å². The van der Waals surface area contributed by atoms with Crippen LogP contribution in [0.3, 0.4) is 0 Å². The summed E-state index contributed by atoms with van der Waals surface area (Å²) < 4.78 is 0. The molecule has 0 unspecified atom stereocenters. The number of pyridine rings is 1. The molecule has 8 heteroatoms. The molecule has 1 heterocycles. The number of nitrogens with zero attached hydrogens (tertiary/aromatic N) is 3. The lowest BCUT2D eigenvalue weighted by Crippen LogP contribution is -2.16. The molecule has 0 aliphatic carbocycles. The lowest BCUT2D eigenvalue weighted by atomic mass is 10.1. The first-order chi connectivity index (χ1) is 10.0. The van der Waals surface area contributed by atoms with Gasteiger partial charge in [0.25, 0.3) is 11.6 Å². The highest BCUT2D eigenvalue weighted by atomic mass is 16.6. The molecule has 0 fully saturated rings. The van der Waals surface area contributed by atoms with Crippen molar-refractivity contribution >= 4 is 23.0 Å².